The summed E-state index contributed by atoms with van der Waals surface area (Å²) in [6.07, 6.45) is 5.93. The van der Waals surface area contributed by atoms with Gasteiger partial charge in [0.05, 0.1) is 17.5 Å². The molecule has 2 aliphatic carbocycles. The van der Waals surface area contributed by atoms with Crippen molar-refractivity contribution in [2.45, 2.75) is 19.4 Å². The minimum atomic E-state index is -0.231. The van der Waals surface area contributed by atoms with Crippen molar-refractivity contribution in [2.75, 3.05) is 11.4 Å². The number of imide groups is 1. The SMILES string of the molecule is O=C(c1cccc(N2C(=O)[C@@H]3[C@@H](C2=O)[C@H]2C=C[C@H]3C2)c1)N1CCc2ccccc2C1. The van der Waals surface area contributed by atoms with Crippen LogP contribution in [0.15, 0.2) is 60.7 Å². The van der Waals surface area contributed by atoms with Gasteiger partial charge in [-0.3, -0.25) is 14.4 Å². The molecule has 2 aromatic rings. The fourth-order valence-electron chi connectivity index (χ4n) is 5.79. The second-order valence-electron chi connectivity index (χ2n) is 8.81. The molecule has 2 bridgehead atoms. The van der Waals surface area contributed by atoms with Gasteiger partial charge in [-0.2, -0.15) is 0 Å². The van der Waals surface area contributed by atoms with Crippen LogP contribution in [0.2, 0.25) is 0 Å². The van der Waals surface area contributed by atoms with Gasteiger partial charge in [0.2, 0.25) is 11.8 Å². The molecule has 5 heteroatoms. The van der Waals surface area contributed by atoms with Crippen LogP contribution >= 0.6 is 0 Å². The summed E-state index contributed by atoms with van der Waals surface area (Å²) in [7, 11) is 0. The minimum absolute atomic E-state index is 0.0626. The first kappa shape index (κ1) is 17.6. The zero-order valence-corrected chi connectivity index (χ0v) is 16.5. The van der Waals surface area contributed by atoms with Gasteiger partial charge < -0.3 is 4.90 Å². The molecule has 4 atom stereocenters. The lowest BCUT2D eigenvalue weighted by Gasteiger charge is -2.29. The molecule has 0 radical (unpaired) electrons. The van der Waals surface area contributed by atoms with Gasteiger partial charge in [0.25, 0.3) is 5.91 Å². The zero-order valence-electron chi connectivity index (χ0n) is 16.5. The Morgan fingerprint density at radius 2 is 1.57 bits per heavy atom. The monoisotopic (exact) mass is 398 g/mol. The van der Waals surface area contributed by atoms with Crippen molar-refractivity contribution in [3.05, 3.63) is 77.4 Å². The molecule has 5 nitrogen and oxygen atoms in total. The molecular formula is C25H22N2O3. The normalized spacial score (nSPS) is 28.8. The minimum Gasteiger partial charge on any atom is -0.334 e. The van der Waals surface area contributed by atoms with Crippen LogP contribution in [0, 0.1) is 23.7 Å². The summed E-state index contributed by atoms with van der Waals surface area (Å²) in [5.41, 5.74) is 3.50. The van der Waals surface area contributed by atoms with E-state index in [-0.39, 0.29) is 41.4 Å². The Hall–Kier alpha value is -3.21. The van der Waals surface area contributed by atoms with Crippen LogP contribution in [0.25, 0.3) is 0 Å². The first-order valence-electron chi connectivity index (χ1n) is 10.6. The highest BCUT2D eigenvalue weighted by atomic mass is 16.2. The number of hydrogen-bond acceptors (Lipinski definition) is 3. The Morgan fingerprint density at radius 3 is 2.30 bits per heavy atom. The van der Waals surface area contributed by atoms with Crippen molar-refractivity contribution in [3.8, 4) is 0 Å². The van der Waals surface area contributed by atoms with E-state index < -0.39 is 0 Å². The van der Waals surface area contributed by atoms with Gasteiger partial charge in [-0.05, 0) is 54.0 Å². The predicted molar refractivity (Wildman–Crippen MR) is 112 cm³/mol. The number of rotatable bonds is 2. The molecule has 0 N–H and O–H groups in total. The first-order valence-corrected chi connectivity index (χ1v) is 10.6. The van der Waals surface area contributed by atoms with Crippen LogP contribution in [0.5, 0.6) is 0 Å². The van der Waals surface area contributed by atoms with Crippen molar-refractivity contribution in [1.82, 2.24) is 4.90 Å². The topological polar surface area (TPSA) is 57.7 Å². The number of allylic oxidation sites excluding steroid dienone is 2. The second-order valence-corrected chi connectivity index (χ2v) is 8.81. The Kier molecular flexibility index (Phi) is 3.76. The van der Waals surface area contributed by atoms with Crippen LogP contribution in [0.3, 0.4) is 0 Å². The van der Waals surface area contributed by atoms with Crippen molar-refractivity contribution in [2.24, 2.45) is 23.7 Å². The Morgan fingerprint density at radius 1 is 0.867 bits per heavy atom. The third kappa shape index (κ3) is 2.44. The van der Waals surface area contributed by atoms with E-state index in [0.717, 1.165) is 12.8 Å². The second kappa shape index (κ2) is 6.39. The average molecular weight is 398 g/mol. The molecule has 1 saturated carbocycles. The molecule has 3 amide bonds. The lowest BCUT2D eigenvalue weighted by Crippen LogP contribution is -2.36. The van der Waals surface area contributed by atoms with Crippen LogP contribution in [-0.4, -0.2) is 29.2 Å². The van der Waals surface area contributed by atoms with Crippen LogP contribution in [0.1, 0.15) is 27.9 Å². The van der Waals surface area contributed by atoms with E-state index in [2.05, 4.69) is 24.3 Å². The van der Waals surface area contributed by atoms with Crippen molar-refractivity contribution < 1.29 is 14.4 Å². The molecule has 2 aliphatic heterocycles. The van der Waals surface area contributed by atoms with E-state index in [1.54, 1.807) is 24.3 Å². The number of hydrogen-bond donors (Lipinski definition) is 0. The number of amides is 3. The molecule has 4 aliphatic rings. The van der Waals surface area contributed by atoms with E-state index in [4.69, 9.17) is 0 Å². The van der Waals surface area contributed by atoms with Gasteiger partial charge in [-0.25, -0.2) is 4.90 Å². The molecule has 150 valence electrons. The third-order valence-corrected chi connectivity index (χ3v) is 7.24. The molecule has 1 saturated heterocycles. The van der Waals surface area contributed by atoms with E-state index in [1.165, 1.54) is 16.0 Å². The van der Waals surface area contributed by atoms with Gasteiger partial charge >= 0.3 is 0 Å². The highest BCUT2D eigenvalue weighted by Gasteiger charge is 2.59. The third-order valence-electron chi connectivity index (χ3n) is 7.24. The van der Waals surface area contributed by atoms with Crippen molar-refractivity contribution in [1.29, 1.82) is 0 Å². The largest absolute Gasteiger partial charge is 0.334 e. The smallest absolute Gasteiger partial charge is 0.254 e. The molecular weight excluding hydrogens is 376 g/mol. The fraction of sp³-hybridized carbons (Fsp3) is 0.320. The fourth-order valence-corrected chi connectivity index (χ4v) is 5.79. The maximum atomic E-state index is 13.2. The summed E-state index contributed by atoms with van der Waals surface area (Å²) in [6, 6.07) is 15.2. The van der Waals surface area contributed by atoms with Crippen LogP contribution < -0.4 is 4.90 Å². The Bertz CT molecular complexity index is 1090. The summed E-state index contributed by atoms with van der Waals surface area (Å²) in [5.74, 6) is -0.389. The lowest BCUT2D eigenvalue weighted by molar-refractivity contribution is -0.123. The van der Waals surface area contributed by atoms with Gasteiger partial charge in [-0.15, -0.1) is 0 Å². The van der Waals surface area contributed by atoms with Gasteiger partial charge in [0.15, 0.2) is 0 Å². The molecule has 2 aromatic carbocycles. The maximum Gasteiger partial charge on any atom is 0.254 e. The molecule has 0 spiro atoms. The van der Waals surface area contributed by atoms with E-state index >= 15 is 0 Å². The molecule has 0 aromatic heterocycles. The maximum absolute atomic E-state index is 13.2. The van der Waals surface area contributed by atoms with Gasteiger partial charge in [0.1, 0.15) is 0 Å². The van der Waals surface area contributed by atoms with E-state index in [0.29, 0.717) is 24.3 Å². The summed E-state index contributed by atoms with van der Waals surface area (Å²) < 4.78 is 0. The van der Waals surface area contributed by atoms with E-state index in [9.17, 15) is 14.4 Å². The average Bonchev–Trinajstić information content (AvgIpc) is 3.46. The number of carbonyl (C=O) groups excluding carboxylic acids is 3. The highest BCUT2D eigenvalue weighted by molar-refractivity contribution is 6.23. The number of anilines is 1. The van der Waals surface area contributed by atoms with Crippen molar-refractivity contribution >= 4 is 23.4 Å². The number of carbonyl (C=O) groups is 3. The van der Waals surface area contributed by atoms with Crippen LogP contribution in [-0.2, 0) is 22.6 Å². The van der Waals surface area contributed by atoms with E-state index in [1.807, 2.05) is 17.0 Å². The summed E-state index contributed by atoms with van der Waals surface area (Å²) in [6.45, 7) is 1.25. The number of benzene rings is 2. The van der Waals surface area contributed by atoms with Crippen molar-refractivity contribution in [3.63, 3.8) is 0 Å². The Balaban J connectivity index is 1.27. The quantitative estimate of drug-likeness (QED) is 0.577. The summed E-state index contributed by atoms with van der Waals surface area (Å²) >= 11 is 0. The Labute approximate surface area is 175 Å². The summed E-state index contributed by atoms with van der Waals surface area (Å²) in [4.78, 5) is 42.5. The lowest BCUT2D eigenvalue weighted by atomic mass is 9.85. The molecule has 30 heavy (non-hydrogen) atoms. The van der Waals surface area contributed by atoms with Gasteiger partial charge in [-0.1, -0.05) is 42.5 Å². The molecule has 2 fully saturated rings. The first-order chi connectivity index (χ1) is 14.6. The molecule has 0 unspecified atom stereocenters. The highest BCUT2D eigenvalue weighted by Crippen LogP contribution is 2.53. The molecule has 2 heterocycles. The standard InChI is InChI=1S/C25H22N2O3/c28-23(26-11-10-15-4-1-2-5-19(15)14-26)18-6-3-7-20(13-18)27-24(29)21-16-8-9-17(12-16)22(21)25(27)30/h1-9,13,16-17,21-22H,10-12,14H2/t16-,17-,21-,22-/m0/s1. The summed E-state index contributed by atoms with van der Waals surface area (Å²) in [5, 5.41) is 0. The molecule has 6 rings (SSSR count). The zero-order chi connectivity index (χ0) is 20.4. The number of fused-ring (bicyclic) bond motifs is 6. The number of nitrogens with zero attached hydrogens (tertiary/aromatic N) is 2. The van der Waals surface area contributed by atoms with Gasteiger partial charge in [0, 0.05) is 18.7 Å². The van der Waals surface area contributed by atoms with Crippen LogP contribution in [0.4, 0.5) is 5.69 Å². The predicted octanol–water partition coefficient (Wildman–Crippen LogP) is 3.20.